The molecule has 15 heavy (non-hydrogen) atoms. The van der Waals surface area contributed by atoms with Gasteiger partial charge < -0.3 is 15.3 Å². The van der Waals surface area contributed by atoms with Crippen LogP contribution in [-0.2, 0) is 4.79 Å². The Labute approximate surface area is 93.2 Å². The van der Waals surface area contributed by atoms with E-state index < -0.39 is 5.97 Å². The maximum Gasteiger partial charge on any atom is 0.323 e. The van der Waals surface area contributed by atoms with Gasteiger partial charge in [0, 0.05) is 18.3 Å². The molecule has 0 atom stereocenters. The molecule has 86 valence electrons. The normalized spacial score (nSPS) is 16.9. The average Bonchev–Trinajstić information content (AvgIpc) is 2.94. The van der Waals surface area contributed by atoms with Gasteiger partial charge in [-0.05, 0) is 19.1 Å². The van der Waals surface area contributed by atoms with Gasteiger partial charge in [0.2, 0.25) is 0 Å². The number of carbonyl (C=O) groups excluding carboxylic acids is 1. The van der Waals surface area contributed by atoms with Crippen LogP contribution in [0.25, 0.3) is 0 Å². The minimum absolute atomic E-state index is 0.208. The Bertz CT molecular complexity index is 266. The zero-order chi connectivity index (χ0) is 11.5. The Balaban J connectivity index is 2.26. The van der Waals surface area contributed by atoms with Gasteiger partial charge >= 0.3 is 12.0 Å². The Morgan fingerprint density at radius 2 is 2.13 bits per heavy atom. The summed E-state index contributed by atoms with van der Waals surface area (Å²) in [6.45, 7) is 0.356. The number of thioether (sulfide) groups is 1. The van der Waals surface area contributed by atoms with Gasteiger partial charge in [-0.2, -0.15) is 11.8 Å². The quantitative estimate of drug-likeness (QED) is 0.728. The molecule has 1 fully saturated rings. The molecule has 0 aromatic heterocycles. The zero-order valence-corrected chi connectivity index (χ0v) is 9.76. The third-order valence-electron chi connectivity index (χ3n) is 2.52. The van der Waals surface area contributed by atoms with Crippen molar-refractivity contribution in [3.05, 3.63) is 0 Å². The van der Waals surface area contributed by atoms with Crippen LogP contribution in [0.4, 0.5) is 4.79 Å². The highest BCUT2D eigenvalue weighted by Crippen LogP contribution is 2.46. The minimum Gasteiger partial charge on any atom is -0.480 e. The highest BCUT2D eigenvalue weighted by molar-refractivity contribution is 8.00. The topological polar surface area (TPSA) is 69.6 Å². The van der Waals surface area contributed by atoms with E-state index in [1.165, 1.54) is 11.9 Å². The average molecular weight is 232 g/mol. The largest absolute Gasteiger partial charge is 0.480 e. The second-order valence-corrected chi connectivity index (χ2v) is 5.07. The van der Waals surface area contributed by atoms with Crippen LogP contribution in [0, 0.1) is 0 Å². The Morgan fingerprint density at radius 3 is 2.53 bits per heavy atom. The van der Waals surface area contributed by atoms with Gasteiger partial charge in [-0.25, -0.2) is 4.79 Å². The van der Waals surface area contributed by atoms with Gasteiger partial charge in [-0.15, -0.1) is 0 Å². The lowest BCUT2D eigenvalue weighted by molar-refractivity contribution is -0.137. The first-order valence-electron chi connectivity index (χ1n) is 4.75. The number of nitrogens with zero attached hydrogens (tertiary/aromatic N) is 1. The molecule has 0 aromatic carbocycles. The molecule has 0 heterocycles. The Morgan fingerprint density at radius 1 is 1.53 bits per heavy atom. The predicted molar refractivity (Wildman–Crippen MR) is 59.1 cm³/mol. The van der Waals surface area contributed by atoms with E-state index in [0.29, 0.717) is 6.54 Å². The third kappa shape index (κ3) is 3.62. The molecule has 0 unspecified atom stereocenters. The van der Waals surface area contributed by atoms with Crippen molar-refractivity contribution in [3.63, 3.8) is 0 Å². The van der Waals surface area contributed by atoms with E-state index >= 15 is 0 Å². The summed E-state index contributed by atoms with van der Waals surface area (Å²) in [6.07, 6.45) is 4.27. The van der Waals surface area contributed by atoms with Crippen molar-refractivity contribution in [2.45, 2.75) is 17.6 Å². The third-order valence-corrected chi connectivity index (χ3v) is 3.94. The van der Waals surface area contributed by atoms with Crippen LogP contribution >= 0.6 is 11.8 Å². The van der Waals surface area contributed by atoms with Crippen LogP contribution in [0.5, 0.6) is 0 Å². The van der Waals surface area contributed by atoms with Gasteiger partial charge in [-0.1, -0.05) is 0 Å². The van der Waals surface area contributed by atoms with Crippen molar-refractivity contribution in [1.82, 2.24) is 10.2 Å². The summed E-state index contributed by atoms with van der Waals surface area (Å²) in [4.78, 5) is 22.9. The van der Waals surface area contributed by atoms with E-state index in [-0.39, 0.29) is 17.3 Å². The number of urea groups is 1. The van der Waals surface area contributed by atoms with Crippen molar-refractivity contribution in [1.29, 1.82) is 0 Å². The molecule has 0 saturated heterocycles. The summed E-state index contributed by atoms with van der Waals surface area (Å²) in [7, 11) is 1.47. The molecular weight excluding hydrogens is 216 g/mol. The molecule has 1 aliphatic carbocycles. The number of rotatable bonds is 5. The molecule has 0 spiro atoms. The fourth-order valence-electron chi connectivity index (χ4n) is 1.24. The summed E-state index contributed by atoms with van der Waals surface area (Å²) in [5.74, 6) is -1.00. The summed E-state index contributed by atoms with van der Waals surface area (Å²) in [6, 6.07) is -0.322. The smallest absolute Gasteiger partial charge is 0.323 e. The van der Waals surface area contributed by atoms with E-state index in [9.17, 15) is 9.59 Å². The Kier molecular flexibility index (Phi) is 3.84. The van der Waals surface area contributed by atoms with Gasteiger partial charge in [0.05, 0.1) is 0 Å². The first kappa shape index (κ1) is 12.2. The van der Waals surface area contributed by atoms with Crippen LogP contribution < -0.4 is 5.32 Å². The first-order chi connectivity index (χ1) is 6.99. The highest BCUT2D eigenvalue weighted by Gasteiger charge is 2.42. The minimum atomic E-state index is -1.00. The van der Waals surface area contributed by atoms with Crippen molar-refractivity contribution >= 4 is 23.8 Å². The number of likely N-dealkylation sites (N-methyl/N-ethyl adjacent to an activating group) is 1. The molecule has 1 rings (SSSR count). The molecule has 1 aliphatic rings. The lowest BCUT2D eigenvalue weighted by Crippen LogP contribution is -2.42. The number of hydrogen-bond acceptors (Lipinski definition) is 3. The van der Waals surface area contributed by atoms with Crippen molar-refractivity contribution in [2.75, 3.05) is 26.4 Å². The Hall–Kier alpha value is -0.910. The second kappa shape index (κ2) is 4.74. The molecule has 0 aromatic rings. The lowest BCUT2D eigenvalue weighted by Gasteiger charge is -2.18. The van der Waals surface area contributed by atoms with Crippen LogP contribution in [0.15, 0.2) is 0 Å². The highest BCUT2D eigenvalue weighted by atomic mass is 32.2. The molecule has 2 amide bonds. The summed E-state index contributed by atoms with van der Waals surface area (Å²) in [5.41, 5.74) is 0. The van der Waals surface area contributed by atoms with Gasteiger partial charge in [0.25, 0.3) is 0 Å². The fraction of sp³-hybridized carbons (Fsp3) is 0.778. The maximum atomic E-state index is 11.4. The van der Waals surface area contributed by atoms with E-state index in [0.717, 1.165) is 12.8 Å². The monoisotopic (exact) mass is 232 g/mol. The number of nitrogens with one attached hydrogen (secondary N) is 1. The molecule has 0 aliphatic heterocycles. The fourth-order valence-corrected chi connectivity index (χ4v) is 1.97. The predicted octanol–water partition coefficient (Wildman–Crippen LogP) is 0.608. The summed E-state index contributed by atoms with van der Waals surface area (Å²) >= 11 is 1.76. The molecular formula is C9H16N2O3S. The van der Waals surface area contributed by atoms with Crippen LogP contribution in [0.3, 0.4) is 0 Å². The maximum absolute atomic E-state index is 11.4. The van der Waals surface area contributed by atoms with E-state index in [4.69, 9.17) is 5.11 Å². The molecule has 6 heteroatoms. The number of amides is 2. The standard InChI is InChI=1S/C9H16N2O3S/c1-11(5-7(12)13)8(14)10-6-9(15-2)3-4-9/h3-6H2,1-2H3,(H,10,14)(H,12,13). The van der Waals surface area contributed by atoms with Crippen molar-refractivity contribution < 1.29 is 14.7 Å². The summed E-state index contributed by atoms with van der Waals surface area (Å²) < 4.78 is 0.208. The van der Waals surface area contributed by atoms with Gasteiger partial charge in [-0.3, -0.25) is 4.79 Å². The van der Waals surface area contributed by atoms with Crippen molar-refractivity contribution in [2.24, 2.45) is 0 Å². The SMILES string of the molecule is CSC1(CNC(=O)N(C)CC(=O)O)CC1. The molecule has 0 bridgehead atoms. The zero-order valence-electron chi connectivity index (χ0n) is 8.95. The molecule has 5 nitrogen and oxygen atoms in total. The van der Waals surface area contributed by atoms with E-state index in [1.807, 2.05) is 6.26 Å². The summed E-state index contributed by atoms with van der Waals surface area (Å²) in [5, 5.41) is 11.2. The van der Waals surface area contributed by atoms with E-state index in [2.05, 4.69) is 5.32 Å². The van der Waals surface area contributed by atoms with Crippen LogP contribution in [0.2, 0.25) is 0 Å². The molecule has 2 N–H and O–H groups in total. The lowest BCUT2D eigenvalue weighted by atomic mass is 10.4. The number of carboxylic acid groups (broad SMARTS) is 1. The molecule has 0 radical (unpaired) electrons. The van der Waals surface area contributed by atoms with Gasteiger partial charge in [0.15, 0.2) is 0 Å². The van der Waals surface area contributed by atoms with Crippen LogP contribution in [0.1, 0.15) is 12.8 Å². The van der Waals surface area contributed by atoms with Crippen molar-refractivity contribution in [3.8, 4) is 0 Å². The number of aliphatic carboxylic acids is 1. The number of hydrogen-bond donors (Lipinski definition) is 2. The number of carboxylic acids is 1. The second-order valence-electron chi connectivity index (χ2n) is 3.80. The molecule has 1 saturated carbocycles. The first-order valence-corrected chi connectivity index (χ1v) is 5.97. The van der Waals surface area contributed by atoms with E-state index in [1.54, 1.807) is 11.8 Å². The van der Waals surface area contributed by atoms with Gasteiger partial charge in [0.1, 0.15) is 6.54 Å². The van der Waals surface area contributed by atoms with Crippen LogP contribution in [-0.4, -0.2) is 53.1 Å². The number of carbonyl (C=O) groups is 2.